The molecule has 2 fully saturated rings. The number of nitrogens with one attached hydrogen (secondary N) is 1. The van der Waals surface area contributed by atoms with Gasteiger partial charge in [-0.25, -0.2) is 9.37 Å². The molecule has 4 N–H and O–H groups in total. The zero-order chi connectivity index (χ0) is 30.3. The van der Waals surface area contributed by atoms with Crippen LogP contribution in [0.3, 0.4) is 0 Å². The van der Waals surface area contributed by atoms with Crippen LogP contribution >= 0.6 is 23.2 Å². The van der Waals surface area contributed by atoms with Crippen molar-refractivity contribution < 1.29 is 28.6 Å². The van der Waals surface area contributed by atoms with Gasteiger partial charge in [-0.1, -0.05) is 23.2 Å². The van der Waals surface area contributed by atoms with Gasteiger partial charge in [0.25, 0.3) is 5.91 Å². The number of hydrogen-bond acceptors (Lipinski definition) is 7. The molecule has 12 heteroatoms. The summed E-state index contributed by atoms with van der Waals surface area (Å²) in [4.78, 5) is 35.1. The Balaban J connectivity index is 1.28. The van der Waals surface area contributed by atoms with Crippen molar-refractivity contribution in [3.05, 3.63) is 81.3 Å². The third kappa shape index (κ3) is 4.39. The highest BCUT2D eigenvalue weighted by atomic mass is 35.5. The molecule has 1 aliphatic heterocycles. The predicted molar refractivity (Wildman–Crippen MR) is 157 cm³/mol. The van der Waals surface area contributed by atoms with Crippen molar-refractivity contribution in [3.63, 3.8) is 0 Å². The highest BCUT2D eigenvalue weighted by Crippen LogP contribution is 2.61. The summed E-state index contributed by atoms with van der Waals surface area (Å²) < 4.78 is 25.6. The lowest BCUT2D eigenvalue weighted by atomic mass is 9.87. The first-order chi connectivity index (χ1) is 20.5. The van der Waals surface area contributed by atoms with Crippen molar-refractivity contribution in [2.24, 2.45) is 11.7 Å². The summed E-state index contributed by atoms with van der Waals surface area (Å²) in [7, 11) is 1.48. The molecular formula is C31H25Cl2FN4O5. The van der Waals surface area contributed by atoms with Crippen molar-refractivity contribution in [1.29, 1.82) is 0 Å². The second-order valence-electron chi connectivity index (χ2n) is 11.3. The maximum Gasteiger partial charge on any atom is 0.251 e. The molecule has 0 spiro atoms. The van der Waals surface area contributed by atoms with Crippen LogP contribution in [0.15, 0.2) is 48.7 Å². The Morgan fingerprint density at radius 2 is 2.02 bits per heavy atom. The lowest BCUT2D eigenvalue weighted by Gasteiger charge is -2.30. The molecule has 2 saturated carbocycles. The van der Waals surface area contributed by atoms with Gasteiger partial charge in [0.1, 0.15) is 39.9 Å². The molecular weight excluding hydrogens is 598 g/mol. The van der Waals surface area contributed by atoms with Gasteiger partial charge in [-0.05, 0) is 61.2 Å². The molecule has 3 aliphatic rings. The highest BCUT2D eigenvalue weighted by molar-refractivity contribution is 6.31. The number of benzene rings is 2. The largest absolute Gasteiger partial charge is 0.494 e. The van der Waals surface area contributed by atoms with Crippen LogP contribution in [-0.2, 0) is 15.8 Å². The molecule has 4 aromatic rings. The van der Waals surface area contributed by atoms with E-state index in [1.54, 1.807) is 24.3 Å². The number of carbonyl (C=O) groups is 2. The molecule has 7 rings (SSSR count). The first-order valence-electron chi connectivity index (χ1n) is 13.7. The number of aromatic nitrogens is 2. The minimum Gasteiger partial charge on any atom is -0.494 e. The van der Waals surface area contributed by atoms with Crippen molar-refractivity contribution in [2.45, 2.75) is 36.4 Å². The topological polar surface area (TPSA) is 137 Å². The molecule has 0 saturated heterocycles. The number of aliphatic hydroxyl groups is 1. The number of primary amides is 1. The third-order valence-corrected chi connectivity index (χ3v) is 9.15. The number of ether oxygens (including phenoxy) is 2. The van der Waals surface area contributed by atoms with Gasteiger partial charge in [0, 0.05) is 34.7 Å². The quantitative estimate of drug-likeness (QED) is 0.260. The summed E-state index contributed by atoms with van der Waals surface area (Å²) in [6, 6.07) is 10.7. The van der Waals surface area contributed by atoms with Gasteiger partial charge in [-0.15, -0.1) is 0 Å². The summed E-state index contributed by atoms with van der Waals surface area (Å²) in [6.45, 7) is -0.173. The Kier molecular flexibility index (Phi) is 6.32. The van der Waals surface area contributed by atoms with Crippen LogP contribution in [0, 0.1) is 11.7 Å². The zero-order valence-corrected chi connectivity index (χ0v) is 24.3. The Bertz CT molecular complexity index is 1870. The van der Waals surface area contributed by atoms with Gasteiger partial charge in [0.2, 0.25) is 5.91 Å². The summed E-state index contributed by atoms with van der Waals surface area (Å²) in [6.07, 6.45) is 2.86. The standard InChI is InChI=1S/C31H25Cl2FN4O5/c1-42-22-9-16(6-15-7-18(32)12-36-25(15)22)28(39)37-13-31(41,17-3-4-17)23-10-19-27(43-24-11-30(19,24)29(35)40)26(38-23)14-2-5-21(34)20(33)8-14/h2,5-10,12,17,24,41H,3-4,11,13H2,1H3,(H2,35,40)(H,37,39)/t24?,30-,31?/m1/s1. The number of pyridine rings is 2. The number of hydrogen-bond donors (Lipinski definition) is 3. The van der Waals surface area contributed by atoms with Crippen LogP contribution in [0.2, 0.25) is 10.0 Å². The minimum absolute atomic E-state index is 0.113. The second-order valence-corrected chi connectivity index (χ2v) is 12.1. The molecule has 2 amide bonds. The average Bonchev–Trinajstić information content (AvgIpc) is 3.93. The van der Waals surface area contributed by atoms with Gasteiger partial charge in [0.15, 0.2) is 5.75 Å². The minimum atomic E-state index is -1.60. The molecule has 2 aromatic carbocycles. The van der Waals surface area contributed by atoms with Crippen LogP contribution in [0.25, 0.3) is 22.2 Å². The first kappa shape index (κ1) is 27.8. The number of halogens is 3. The maximum atomic E-state index is 14.0. The molecule has 3 atom stereocenters. The molecule has 2 unspecified atom stereocenters. The Morgan fingerprint density at radius 1 is 1.23 bits per heavy atom. The fraction of sp³-hybridized carbons (Fsp3) is 0.290. The fourth-order valence-corrected chi connectivity index (χ4v) is 6.38. The van der Waals surface area contributed by atoms with E-state index in [2.05, 4.69) is 10.3 Å². The van der Waals surface area contributed by atoms with Crippen LogP contribution in [-0.4, -0.2) is 46.6 Å². The summed E-state index contributed by atoms with van der Waals surface area (Å²) >= 11 is 12.2. The predicted octanol–water partition coefficient (Wildman–Crippen LogP) is 4.67. The number of carbonyl (C=O) groups excluding carboxylic acids is 2. The van der Waals surface area contributed by atoms with Crippen molar-refractivity contribution in [2.75, 3.05) is 13.7 Å². The summed E-state index contributed by atoms with van der Waals surface area (Å²) in [5.74, 6) is -1.06. The van der Waals surface area contributed by atoms with Crippen LogP contribution < -0.4 is 20.5 Å². The lowest BCUT2D eigenvalue weighted by molar-refractivity contribution is -0.120. The number of amides is 2. The van der Waals surface area contributed by atoms with Crippen LogP contribution in [0.4, 0.5) is 4.39 Å². The van der Waals surface area contributed by atoms with E-state index in [9.17, 15) is 19.1 Å². The molecule has 43 heavy (non-hydrogen) atoms. The van der Waals surface area contributed by atoms with Gasteiger partial charge in [-0.3, -0.25) is 14.6 Å². The van der Waals surface area contributed by atoms with Gasteiger partial charge in [0.05, 0.1) is 29.4 Å². The Hall–Kier alpha value is -3.99. The Morgan fingerprint density at radius 3 is 2.72 bits per heavy atom. The number of nitrogens with two attached hydrogens (primary N) is 1. The monoisotopic (exact) mass is 622 g/mol. The Labute approximate surface area is 255 Å². The van der Waals surface area contributed by atoms with E-state index in [1.807, 2.05) is 0 Å². The summed E-state index contributed by atoms with van der Waals surface area (Å²) in [5.41, 5.74) is 5.54. The smallest absolute Gasteiger partial charge is 0.251 e. The van der Waals surface area contributed by atoms with Crippen molar-refractivity contribution in [3.8, 4) is 22.8 Å². The summed E-state index contributed by atoms with van der Waals surface area (Å²) in [5, 5.41) is 15.9. The van der Waals surface area contributed by atoms with E-state index >= 15 is 0 Å². The van der Waals surface area contributed by atoms with E-state index in [4.69, 9.17) is 43.4 Å². The normalized spacial score (nSPS) is 21.4. The SMILES string of the molecule is COc1cc(C(=O)NCC(O)(c2cc3c(c(-c4ccc(F)c(Cl)c4)n2)OC2C[C@@]32C(N)=O)C2CC2)cc2cc(Cl)cnc12. The fourth-order valence-electron chi connectivity index (χ4n) is 6.04. The number of rotatable bonds is 8. The van der Waals surface area contributed by atoms with E-state index in [1.165, 1.54) is 31.5 Å². The van der Waals surface area contributed by atoms with Crippen molar-refractivity contribution in [1.82, 2.24) is 15.3 Å². The van der Waals surface area contributed by atoms with E-state index < -0.39 is 34.8 Å². The second kappa shape index (κ2) is 9.77. The molecule has 9 nitrogen and oxygen atoms in total. The molecule has 3 heterocycles. The molecule has 0 bridgehead atoms. The van der Waals surface area contributed by atoms with E-state index in [0.29, 0.717) is 63.5 Å². The zero-order valence-electron chi connectivity index (χ0n) is 22.8. The van der Waals surface area contributed by atoms with Gasteiger partial charge >= 0.3 is 0 Å². The molecule has 2 aliphatic carbocycles. The maximum absolute atomic E-state index is 14.0. The number of methoxy groups -OCH3 is 1. The van der Waals surface area contributed by atoms with E-state index in [0.717, 1.165) is 0 Å². The van der Waals surface area contributed by atoms with Crippen molar-refractivity contribution >= 4 is 45.9 Å². The van der Waals surface area contributed by atoms with Gasteiger partial charge in [-0.2, -0.15) is 0 Å². The average molecular weight is 623 g/mol. The first-order valence-corrected chi connectivity index (χ1v) is 14.4. The lowest BCUT2D eigenvalue weighted by Crippen LogP contribution is -2.43. The number of nitrogens with zero attached hydrogens (tertiary/aromatic N) is 2. The molecule has 0 radical (unpaired) electrons. The van der Waals surface area contributed by atoms with Gasteiger partial charge < -0.3 is 25.6 Å². The van der Waals surface area contributed by atoms with Crippen LogP contribution in [0.5, 0.6) is 11.5 Å². The molecule has 2 aromatic heterocycles. The third-order valence-electron chi connectivity index (χ3n) is 8.65. The highest BCUT2D eigenvalue weighted by Gasteiger charge is 2.68. The van der Waals surface area contributed by atoms with E-state index in [-0.39, 0.29) is 28.7 Å². The number of fused-ring (bicyclic) bond motifs is 4. The molecule has 220 valence electrons. The van der Waals surface area contributed by atoms with Crippen LogP contribution in [0.1, 0.15) is 40.9 Å².